The standard InChI is InChI=1S/C18H23NO2/c1-13(2)21-16-12-8-7-11-15(16)17(19)18(20-3)14-9-5-4-6-10-14/h4-13,17-18H,19H2,1-3H3. The topological polar surface area (TPSA) is 44.5 Å². The Balaban J connectivity index is 2.32. The van der Waals surface area contributed by atoms with Gasteiger partial charge >= 0.3 is 0 Å². The van der Waals surface area contributed by atoms with Gasteiger partial charge in [0.25, 0.3) is 0 Å². The molecule has 2 aromatic rings. The number of methoxy groups -OCH3 is 1. The van der Waals surface area contributed by atoms with Gasteiger partial charge in [-0.05, 0) is 25.5 Å². The zero-order chi connectivity index (χ0) is 15.2. The van der Waals surface area contributed by atoms with E-state index in [2.05, 4.69) is 0 Å². The monoisotopic (exact) mass is 285 g/mol. The molecule has 0 amide bonds. The molecule has 0 aromatic heterocycles. The molecule has 0 saturated carbocycles. The molecule has 112 valence electrons. The van der Waals surface area contributed by atoms with Crippen molar-refractivity contribution in [1.82, 2.24) is 0 Å². The van der Waals surface area contributed by atoms with Crippen LogP contribution >= 0.6 is 0 Å². The predicted octanol–water partition coefficient (Wildman–Crippen LogP) is 3.86. The van der Waals surface area contributed by atoms with Crippen molar-refractivity contribution in [2.75, 3.05) is 7.11 Å². The lowest BCUT2D eigenvalue weighted by Gasteiger charge is -2.25. The van der Waals surface area contributed by atoms with Gasteiger partial charge in [0.1, 0.15) is 11.9 Å². The normalized spacial score (nSPS) is 14.0. The maximum Gasteiger partial charge on any atom is 0.124 e. The van der Waals surface area contributed by atoms with Crippen LogP contribution in [0.15, 0.2) is 54.6 Å². The molecule has 0 spiro atoms. The minimum absolute atomic E-state index is 0.107. The SMILES string of the molecule is COC(c1ccccc1)C(N)c1ccccc1OC(C)C. The third-order valence-corrected chi connectivity index (χ3v) is 3.35. The summed E-state index contributed by atoms with van der Waals surface area (Å²) < 4.78 is 11.5. The predicted molar refractivity (Wildman–Crippen MR) is 85.3 cm³/mol. The molecule has 21 heavy (non-hydrogen) atoms. The molecular formula is C18H23NO2. The average molecular weight is 285 g/mol. The van der Waals surface area contributed by atoms with Crippen LogP contribution in [0, 0.1) is 0 Å². The van der Waals surface area contributed by atoms with Gasteiger partial charge in [-0.1, -0.05) is 48.5 Å². The van der Waals surface area contributed by atoms with Gasteiger partial charge < -0.3 is 15.2 Å². The summed E-state index contributed by atoms with van der Waals surface area (Å²) in [5, 5.41) is 0. The van der Waals surface area contributed by atoms with Crippen molar-refractivity contribution in [1.29, 1.82) is 0 Å². The Morgan fingerprint density at radius 3 is 2.14 bits per heavy atom. The van der Waals surface area contributed by atoms with Crippen LogP contribution in [-0.4, -0.2) is 13.2 Å². The Morgan fingerprint density at radius 1 is 0.905 bits per heavy atom. The third-order valence-electron chi connectivity index (χ3n) is 3.35. The van der Waals surface area contributed by atoms with Crippen molar-refractivity contribution in [2.45, 2.75) is 32.1 Å². The van der Waals surface area contributed by atoms with Crippen molar-refractivity contribution >= 4 is 0 Å². The zero-order valence-electron chi connectivity index (χ0n) is 12.8. The number of hydrogen-bond acceptors (Lipinski definition) is 3. The van der Waals surface area contributed by atoms with Crippen molar-refractivity contribution < 1.29 is 9.47 Å². The Labute approximate surface area is 126 Å². The molecule has 3 nitrogen and oxygen atoms in total. The lowest BCUT2D eigenvalue weighted by atomic mass is 9.95. The van der Waals surface area contributed by atoms with E-state index in [0.717, 1.165) is 16.9 Å². The zero-order valence-corrected chi connectivity index (χ0v) is 12.8. The number of nitrogens with two attached hydrogens (primary N) is 1. The van der Waals surface area contributed by atoms with Crippen LogP contribution in [0.25, 0.3) is 0 Å². The lowest BCUT2D eigenvalue weighted by Crippen LogP contribution is -2.22. The third kappa shape index (κ3) is 3.84. The molecule has 0 aliphatic carbocycles. The Kier molecular flexibility index (Phi) is 5.37. The van der Waals surface area contributed by atoms with Crippen LogP contribution in [0.4, 0.5) is 0 Å². The van der Waals surface area contributed by atoms with E-state index in [-0.39, 0.29) is 18.2 Å². The summed E-state index contributed by atoms with van der Waals surface area (Å²) in [6.45, 7) is 4.01. The fourth-order valence-corrected chi connectivity index (χ4v) is 2.41. The summed E-state index contributed by atoms with van der Waals surface area (Å²) in [6.07, 6.45) is -0.0980. The van der Waals surface area contributed by atoms with Gasteiger partial charge in [0.2, 0.25) is 0 Å². The van der Waals surface area contributed by atoms with E-state index in [4.69, 9.17) is 15.2 Å². The molecule has 2 rings (SSSR count). The van der Waals surface area contributed by atoms with E-state index in [1.54, 1.807) is 7.11 Å². The summed E-state index contributed by atoms with van der Waals surface area (Å²) in [4.78, 5) is 0. The van der Waals surface area contributed by atoms with Crippen LogP contribution in [0.5, 0.6) is 5.75 Å². The second-order valence-electron chi connectivity index (χ2n) is 5.30. The van der Waals surface area contributed by atoms with E-state index in [1.165, 1.54) is 0 Å². The number of rotatable bonds is 6. The van der Waals surface area contributed by atoms with Crippen LogP contribution < -0.4 is 10.5 Å². The van der Waals surface area contributed by atoms with Crippen LogP contribution in [0.2, 0.25) is 0 Å². The first-order valence-electron chi connectivity index (χ1n) is 7.22. The molecule has 2 unspecified atom stereocenters. The molecule has 2 atom stereocenters. The number of hydrogen-bond donors (Lipinski definition) is 1. The van der Waals surface area contributed by atoms with Gasteiger partial charge in [-0.2, -0.15) is 0 Å². The fraction of sp³-hybridized carbons (Fsp3) is 0.333. The van der Waals surface area contributed by atoms with Gasteiger partial charge in [-0.25, -0.2) is 0 Å². The van der Waals surface area contributed by atoms with Gasteiger partial charge in [0.05, 0.1) is 12.1 Å². The smallest absolute Gasteiger partial charge is 0.124 e. The number of ether oxygens (including phenoxy) is 2. The van der Waals surface area contributed by atoms with Crippen molar-refractivity contribution in [3.63, 3.8) is 0 Å². The first-order valence-corrected chi connectivity index (χ1v) is 7.22. The highest BCUT2D eigenvalue weighted by atomic mass is 16.5. The second-order valence-corrected chi connectivity index (χ2v) is 5.30. The molecule has 0 bridgehead atoms. The molecular weight excluding hydrogens is 262 g/mol. The van der Waals surface area contributed by atoms with Crippen LogP contribution in [0.3, 0.4) is 0 Å². The molecule has 0 heterocycles. The summed E-state index contributed by atoms with van der Waals surface area (Å²) in [6, 6.07) is 17.6. The van der Waals surface area contributed by atoms with E-state index in [0.29, 0.717) is 0 Å². The minimum Gasteiger partial charge on any atom is -0.491 e. The summed E-state index contributed by atoms with van der Waals surface area (Å²) >= 11 is 0. The summed E-state index contributed by atoms with van der Waals surface area (Å²) in [5.41, 5.74) is 8.48. The summed E-state index contributed by atoms with van der Waals surface area (Å²) in [5.74, 6) is 0.818. The first kappa shape index (κ1) is 15.5. The molecule has 0 radical (unpaired) electrons. The van der Waals surface area contributed by atoms with E-state index >= 15 is 0 Å². The van der Waals surface area contributed by atoms with E-state index in [1.807, 2.05) is 68.4 Å². The van der Waals surface area contributed by atoms with Crippen molar-refractivity contribution in [3.05, 3.63) is 65.7 Å². The highest BCUT2D eigenvalue weighted by Crippen LogP contribution is 2.34. The van der Waals surface area contributed by atoms with Crippen molar-refractivity contribution in [3.8, 4) is 5.75 Å². The average Bonchev–Trinajstić information content (AvgIpc) is 2.49. The maximum atomic E-state index is 6.45. The molecule has 0 aliphatic rings. The fourth-order valence-electron chi connectivity index (χ4n) is 2.41. The summed E-state index contributed by atoms with van der Waals surface area (Å²) in [7, 11) is 1.68. The van der Waals surface area contributed by atoms with Crippen LogP contribution in [-0.2, 0) is 4.74 Å². The molecule has 0 aliphatic heterocycles. The molecule has 3 heteroatoms. The van der Waals surface area contributed by atoms with Gasteiger partial charge in [0, 0.05) is 12.7 Å². The first-order chi connectivity index (χ1) is 10.1. The second kappa shape index (κ2) is 7.25. The molecule has 2 N–H and O–H groups in total. The van der Waals surface area contributed by atoms with Gasteiger partial charge in [-0.15, -0.1) is 0 Å². The Bertz CT molecular complexity index is 554. The largest absolute Gasteiger partial charge is 0.491 e. The Hall–Kier alpha value is -1.84. The van der Waals surface area contributed by atoms with Gasteiger partial charge in [0.15, 0.2) is 0 Å². The minimum atomic E-state index is -0.285. The van der Waals surface area contributed by atoms with Crippen LogP contribution in [0.1, 0.15) is 37.1 Å². The van der Waals surface area contributed by atoms with E-state index < -0.39 is 0 Å². The number of benzene rings is 2. The quantitative estimate of drug-likeness (QED) is 0.876. The Morgan fingerprint density at radius 2 is 1.52 bits per heavy atom. The highest BCUT2D eigenvalue weighted by molar-refractivity contribution is 5.38. The van der Waals surface area contributed by atoms with Crippen molar-refractivity contribution in [2.24, 2.45) is 5.73 Å². The molecule has 0 fully saturated rings. The maximum absolute atomic E-state index is 6.45. The number of para-hydroxylation sites is 1. The molecule has 2 aromatic carbocycles. The van der Waals surface area contributed by atoms with Gasteiger partial charge in [-0.3, -0.25) is 0 Å². The van der Waals surface area contributed by atoms with E-state index in [9.17, 15) is 0 Å². The molecule has 0 saturated heterocycles. The lowest BCUT2D eigenvalue weighted by molar-refractivity contribution is 0.0787. The highest BCUT2D eigenvalue weighted by Gasteiger charge is 2.23.